The van der Waals surface area contributed by atoms with Crippen LogP contribution < -0.4 is 30.2 Å². The molecule has 10 aromatic rings. The fourth-order valence-electron chi connectivity index (χ4n) is 18.6. The van der Waals surface area contributed by atoms with E-state index in [2.05, 4.69) is 283 Å². The molecular formula is C89H118N2O4Si4. The molecule has 6 nitrogen and oxygen atoms in total. The molecule has 0 radical (unpaired) electrons. The maximum Gasteiger partial charge on any atom is 0.147 e. The number of benzene rings is 8. The van der Waals surface area contributed by atoms with Crippen LogP contribution in [-0.4, -0.2) is 64.9 Å². The molecule has 0 amide bonds. The number of rotatable bonds is 22. The monoisotopic (exact) mass is 1390 g/mol. The highest BCUT2D eigenvalue weighted by Gasteiger charge is 2.42. The van der Waals surface area contributed by atoms with E-state index in [1.54, 1.807) is 0 Å². The number of aryl methyl sites for hydroxylation is 4. The Labute approximate surface area is 599 Å². The summed E-state index contributed by atoms with van der Waals surface area (Å²) in [7, 11) is -7.90. The number of phenols is 2. The molecule has 0 saturated carbocycles. The smallest absolute Gasteiger partial charge is 0.147 e. The summed E-state index contributed by atoms with van der Waals surface area (Å²) in [5.41, 5.74) is 24.1. The Kier molecular flexibility index (Phi) is 19.7. The molecule has 99 heavy (non-hydrogen) atoms. The van der Waals surface area contributed by atoms with Gasteiger partial charge in [-0.3, -0.25) is 0 Å². The summed E-state index contributed by atoms with van der Waals surface area (Å²) in [5, 5.41) is 37.6. The van der Waals surface area contributed by atoms with Gasteiger partial charge in [0.25, 0.3) is 0 Å². The minimum absolute atomic E-state index is 0.279. The molecule has 2 aliphatic rings. The van der Waals surface area contributed by atoms with Crippen molar-refractivity contribution in [2.45, 2.75) is 254 Å². The third-order valence-electron chi connectivity index (χ3n) is 27.1. The SMILES string of the molecule is Cc1cc(-c2cc(C)c3c(c2OCCCOc2c(-c4cc(C)cc(-n5c6cc([Si](C)(C(C)C)C(C)C)ccc6c6ccc([Si](C)(C(C)C)C(C)C)cc65)c4O)cc(C)c4c2CCC4)CCC3)c(O)c(-n2c3cc([Si](C)(C(C)C)C(C)C)ccc3c3ccc([Si](C)(C(C)C)C(C)C)cc32)c1. The lowest BCUT2D eigenvalue weighted by atomic mass is 9.93. The lowest BCUT2D eigenvalue weighted by molar-refractivity contribution is 0.246. The van der Waals surface area contributed by atoms with Gasteiger partial charge >= 0.3 is 0 Å². The Morgan fingerprint density at radius 2 is 0.606 bits per heavy atom. The average Bonchev–Trinajstić information content (AvgIpc) is 1.58. The number of aromatic hydroxyl groups is 2. The first kappa shape index (κ1) is 72.2. The summed E-state index contributed by atoms with van der Waals surface area (Å²) >= 11 is 0. The zero-order valence-electron chi connectivity index (χ0n) is 65.0. The quantitative estimate of drug-likeness (QED) is 0.0524. The van der Waals surface area contributed by atoms with E-state index in [0.717, 1.165) is 117 Å². The lowest BCUT2D eigenvalue weighted by Crippen LogP contribution is -2.50. The van der Waals surface area contributed by atoms with Crippen molar-refractivity contribution in [1.29, 1.82) is 0 Å². The molecule has 0 saturated heterocycles. The normalized spacial score (nSPS) is 14.1. The molecule has 2 aromatic heterocycles. The number of fused-ring (bicyclic) bond motifs is 8. The van der Waals surface area contributed by atoms with Crippen LogP contribution in [0.5, 0.6) is 23.0 Å². The fraction of sp³-hybridized carbons (Fsp3) is 0.461. The molecule has 0 aliphatic heterocycles. The molecule has 8 aromatic carbocycles. The molecule has 0 unspecified atom stereocenters. The van der Waals surface area contributed by atoms with Gasteiger partial charge in [0.2, 0.25) is 0 Å². The molecule has 10 heteroatoms. The predicted octanol–water partition coefficient (Wildman–Crippen LogP) is 23.1. The van der Waals surface area contributed by atoms with Crippen LogP contribution in [-0.2, 0) is 25.7 Å². The van der Waals surface area contributed by atoms with E-state index in [1.807, 2.05) is 0 Å². The van der Waals surface area contributed by atoms with Gasteiger partial charge in [0.15, 0.2) is 0 Å². The summed E-state index contributed by atoms with van der Waals surface area (Å²) in [6.45, 7) is 58.8. The van der Waals surface area contributed by atoms with E-state index < -0.39 is 32.3 Å². The summed E-state index contributed by atoms with van der Waals surface area (Å²) < 4.78 is 19.4. The van der Waals surface area contributed by atoms with E-state index in [0.29, 0.717) is 64.0 Å². The highest BCUT2D eigenvalue weighted by molar-refractivity contribution is 6.94. The number of nitrogens with zero attached hydrogens (tertiary/aromatic N) is 2. The van der Waals surface area contributed by atoms with Gasteiger partial charge in [0.05, 0.1) is 79.0 Å². The van der Waals surface area contributed by atoms with Crippen LogP contribution in [0.1, 0.15) is 175 Å². The van der Waals surface area contributed by atoms with Gasteiger partial charge in [-0.05, 0) is 216 Å². The maximum atomic E-state index is 13.4. The summed E-state index contributed by atoms with van der Waals surface area (Å²) in [4.78, 5) is 0. The number of ether oxygens (including phenoxy) is 2. The molecule has 0 fully saturated rings. The Morgan fingerprint density at radius 1 is 0.343 bits per heavy atom. The van der Waals surface area contributed by atoms with Crippen molar-refractivity contribution in [3.8, 4) is 56.6 Å². The molecule has 0 bridgehead atoms. The largest absolute Gasteiger partial charge is 0.505 e. The number of hydrogen-bond acceptors (Lipinski definition) is 4. The van der Waals surface area contributed by atoms with Crippen molar-refractivity contribution in [2.24, 2.45) is 0 Å². The lowest BCUT2D eigenvalue weighted by Gasteiger charge is -2.36. The molecule has 12 rings (SSSR count). The standard InChI is InChI=1S/C89H118N2O4Si4/c1-52(2)96(21,53(3)4)64-32-36-70-71-37-33-65(97(22,54(5)6)55(7)8)49-81(71)90(80(70)48-64)84-44-60(17)42-76(86(84)92)78-46-62(19)68-28-25-30-74(68)88(78)94-40-27-41-95-89-75-31-26-29-69(75)63(20)47-79(89)77-43-61(18)45-85(87(77)93)91-82-50-66(98(23,56(9)10)57(11)12)34-38-72(82)73-39-35-67(51-83(73)91)99(24,58(13)14)59(15)16/h32-39,42-59,92-93H,25-31,40-41H2,1-24H3. The van der Waals surface area contributed by atoms with E-state index in [9.17, 15) is 10.2 Å². The van der Waals surface area contributed by atoms with Crippen LogP contribution in [0.15, 0.2) is 109 Å². The second kappa shape index (κ2) is 27.0. The van der Waals surface area contributed by atoms with E-state index in [4.69, 9.17) is 9.47 Å². The van der Waals surface area contributed by atoms with Crippen molar-refractivity contribution in [2.75, 3.05) is 13.2 Å². The highest BCUT2D eigenvalue weighted by Crippen LogP contribution is 2.51. The Bertz CT molecular complexity index is 4290. The van der Waals surface area contributed by atoms with Gasteiger partial charge in [-0.25, -0.2) is 0 Å². The van der Waals surface area contributed by atoms with Crippen molar-refractivity contribution in [1.82, 2.24) is 9.13 Å². The van der Waals surface area contributed by atoms with Crippen molar-refractivity contribution in [3.63, 3.8) is 0 Å². The fourth-order valence-corrected chi connectivity index (χ4v) is 32.8. The molecule has 0 atom stereocenters. The number of hydrogen-bond donors (Lipinski definition) is 2. The Morgan fingerprint density at radius 3 is 0.869 bits per heavy atom. The van der Waals surface area contributed by atoms with Crippen LogP contribution in [0.3, 0.4) is 0 Å². The van der Waals surface area contributed by atoms with Crippen LogP contribution >= 0.6 is 0 Å². The van der Waals surface area contributed by atoms with Gasteiger partial charge < -0.3 is 28.8 Å². The summed E-state index contributed by atoms with van der Waals surface area (Å²) in [6, 6.07) is 42.8. The zero-order chi connectivity index (χ0) is 71.6. The molecule has 2 N–H and O–H groups in total. The van der Waals surface area contributed by atoms with Crippen LogP contribution in [0.4, 0.5) is 0 Å². The van der Waals surface area contributed by atoms with Gasteiger partial charge in [0, 0.05) is 50.2 Å². The molecule has 2 heterocycles. The first-order chi connectivity index (χ1) is 46.7. The van der Waals surface area contributed by atoms with Crippen molar-refractivity contribution in [3.05, 3.63) is 154 Å². The summed E-state index contributed by atoms with van der Waals surface area (Å²) in [5.74, 6) is 2.33. The Hall–Kier alpha value is -6.57. The first-order valence-electron chi connectivity index (χ1n) is 38.2. The average molecular weight is 1390 g/mol. The number of phenolic OH excluding ortho intramolecular Hbond substituents is 2. The third-order valence-corrected chi connectivity index (χ3v) is 52.5. The maximum absolute atomic E-state index is 13.4. The molecular weight excluding hydrogens is 1270 g/mol. The van der Waals surface area contributed by atoms with E-state index in [-0.39, 0.29) is 11.5 Å². The van der Waals surface area contributed by atoms with Crippen molar-refractivity contribution >= 4 is 96.7 Å². The molecule has 524 valence electrons. The van der Waals surface area contributed by atoms with Crippen LogP contribution in [0.25, 0.3) is 77.2 Å². The topological polar surface area (TPSA) is 68.8 Å². The Balaban J connectivity index is 0.939. The van der Waals surface area contributed by atoms with E-state index >= 15 is 0 Å². The van der Waals surface area contributed by atoms with Gasteiger partial charge in [-0.15, -0.1) is 0 Å². The molecule has 2 aliphatic carbocycles. The van der Waals surface area contributed by atoms with Gasteiger partial charge in [0.1, 0.15) is 23.0 Å². The van der Waals surface area contributed by atoms with E-state index in [1.165, 1.54) is 75.7 Å². The van der Waals surface area contributed by atoms with Crippen LogP contribution in [0.2, 0.25) is 70.5 Å². The van der Waals surface area contributed by atoms with Crippen LogP contribution in [0, 0.1) is 27.7 Å². The first-order valence-corrected chi connectivity index (χ1v) is 48.8. The minimum atomic E-state index is -1.97. The highest BCUT2D eigenvalue weighted by atomic mass is 28.3. The predicted molar refractivity (Wildman–Crippen MR) is 440 cm³/mol. The summed E-state index contributed by atoms with van der Waals surface area (Å²) in [6.07, 6.45) is 6.69. The number of aromatic nitrogens is 2. The second-order valence-corrected chi connectivity index (χ2v) is 55.9. The van der Waals surface area contributed by atoms with Crippen molar-refractivity contribution < 1.29 is 19.7 Å². The third kappa shape index (κ3) is 11.8. The zero-order valence-corrected chi connectivity index (χ0v) is 69.0. The second-order valence-electron chi connectivity index (χ2n) is 34.1. The van der Waals surface area contributed by atoms with Gasteiger partial charge in [-0.1, -0.05) is 206 Å². The molecule has 0 spiro atoms. The minimum Gasteiger partial charge on any atom is -0.505 e. The van der Waals surface area contributed by atoms with Gasteiger partial charge in [-0.2, -0.15) is 0 Å².